The van der Waals surface area contributed by atoms with Crippen LogP contribution < -0.4 is 4.90 Å². The van der Waals surface area contributed by atoms with Crippen LogP contribution in [0.2, 0.25) is 5.02 Å². The highest BCUT2D eigenvalue weighted by Gasteiger charge is 2.29. The summed E-state index contributed by atoms with van der Waals surface area (Å²) in [6.07, 6.45) is 0.779. The van der Waals surface area contributed by atoms with Crippen LogP contribution in [0.15, 0.2) is 76.0 Å². The summed E-state index contributed by atoms with van der Waals surface area (Å²) in [5.74, 6) is 0.775. The van der Waals surface area contributed by atoms with Gasteiger partial charge >= 0.3 is 0 Å². The van der Waals surface area contributed by atoms with Crippen molar-refractivity contribution in [1.29, 1.82) is 0 Å². The lowest BCUT2D eigenvalue weighted by Gasteiger charge is -2.30. The van der Waals surface area contributed by atoms with Crippen LogP contribution >= 0.6 is 11.6 Å². The van der Waals surface area contributed by atoms with Crippen LogP contribution in [0.25, 0.3) is 0 Å². The Balaban J connectivity index is 1.94. The third kappa shape index (κ3) is 2.68. The molecule has 25 heavy (non-hydrogen) atoms. The number of anilines is 1. The van der Waals surface area contributed by atoms with E-state index in [1.165, 1.54) is 0 Å². The third-order valence-corrected chi connectivity index (χ3v) is 4.60. The van der Waals surface area contributed by atoms with Gasteiger partial charge in [-0.1, -0.05) is 55.4 Å². The van der Waals surface area contributed by atoms with Gasteiger partial charge in [0.25, 0.3) is 0 Å². The van der Waals surface area contributed by atoms with Crippen LogP contribution in [0.1, 0.15) is 24.5 Å². The minimum absolute atomic E-state index is 0.441. The first-order valence-electron chi connectivity index (χ1n) is 8.21. The topological polar surface area (TPSA) is 40.3 Å². The molecule has 0 aromatic heterocycles. The first-order chi connectivity index (χ1) is 12.2. The Morgan fingerprint density at radius 1 is 1.12 bits per heavy atom. The molecule has 2 heterocycles. The number of rotatable bonds is 2. The molecule has 0 amide bonds. The maximum atomic E-state index is 6.30. The monoisotopic (exact) mass is 348 g/mol. The van der Waals surface area contributed by atoms with E-state index in [9.17, 15) is 0 Å². The highest BCUT2D eigenvalue weighted by Crippen LogP contribution is 2.33. The molecule has 0 saturated carbocycles. The molecule has 4 nitrogen and oxygen atoms in total. The van der Waals surface area contributed by atoms with Crippen LogP contribution in [-0.4, -0.2) is 23.8 Å². The zero-order valence-corrected chi connectivity index (χ0v) is 14.7. The summed E-state index contributed by atoms with van der Waals surface area (Å²) in [7, 11) is 0. The van der Waals surface area contributed by atoms with Gasteiger partial charge in [-0.2, -0.15) is 5.10 Å². The summed E-state index contributed by atoms with van der Waals surface area (Å²) in [5, 5.41) is 9.38. The van der Waals surface area contributed by atoms with Gasteiger partial charge in [-0.3, -0.25) is 9.89 Å². The second kappa shape index (κ2) is 6.30. The Morgan fingerprint density at radius 3 is 2.68 bits per heavy atom. The van der Waals surface area contributed by atoms with Crippen molar-refractivity contribution in [2.24, 2.45) is 15.2 Å². The molecule has 2 aromatic carbocycles. The smallest absolute Gasteiger partial charge is 0.158 e. The van der Waals surface area contributed by atoms with Gasteiger partial charge in [0.1, 0.15) is 6.54 Å². The Bertz CT molecular complexity index is 941. The lowest BCUT2D eigenvalue weighted by Crippen LogP contribution is -2.37. The van der Waals surface area contributed by atoms with Crippen molar-refractivity contribution < 1.29 is 0 Å². The second-order valence-electron chi connectivity index (χ2n) is 5.89. The molecule has 2 aromatic rings. The van der Waals surface area contributed by atoms with Crippen molar-refractivity contribution in [2.75, 3.05) is 11.4 Å². The summed E-state index contributed by atoms with van der Waals surface area (Å²) in [6, 6.07) is 16.0. The number of nitrogens with zero attached hydrogens (tertiary/aromatic N) is 4. The molecule has 4 rings (SSSR count). The SMILES string of the molecule is C=C1C(CC)=NN=C2CN=C(c3ccccc3)c3cc(Cl)ccc3N12. The zero-order chi connectivity index (χ0) is 17.4. The Hall–Kier alpha value is -2.72. The molecule has 0 bridgehead atoms. The summed E-state index contributed by atoms with van der Waals surface area (Å²) in [5.41, 5.74) is 5.64. The minimum atomic E-state index is 0.441. The number of aliphatic imine (C=N–C) groups is 1. The number of fused-ring (bicyclic) bond motifs is 3. The van der Waals surface area contributed by atoms with Crippen molar-refractivity contribution >= 4 is 34.5 Å². The summed E-state index contributed by atoms with van der Waals surface area (Å²) < 4.78 is 0. The molecule has 0 atom stereocenters. The molecular formula is C20H17ClN4. The average molecular weight is 349 g/mol. The molecule has 0 spiro atoms. The van der Waals surface area contributed by atoms with Crippen LogP contribution in [0, 0.1) is 0 Å². The van der Waals surface area contributed by atoms with E-state index in [1.807, 2.05) is 36.4 Å². The molecule has 0 saturated heterocycles. The van der Waals surface area contributed by atoms with Gasteiger partial charge < -0.3 is 0 Å². The molecule has 0 fully saturated rings. The van der Waals surface area contributed by atoms with E-state index in [1.54, 1.807) is 0 Å². The first-order valence-corrected chi connectivity index (χ1v) is 8.59. The first kappa shape index (κ1) is 15.8. The van der Waals surface area contributed by atoms with Gasteiger partial charge in [0, 0.05) is 16.1 Å². The Labute approximate surface area is 151 Å². The fourth-order valence-electron chi connectivity index (χ4n) is 3.14. The van der Waals surface area contributed by atoms with Crippen molar-refractivity contribution in [2.45, 2.75) is 13.3 Å². The lowest BCUT2D eigenvalue weighted by molar-refractivity contribution is 1.06. The van der Waals surface area contributed by atoms with Gasteiger partial charge in [-0.05, 0) is 24.6 Å². The maximum Gasteiger partial charge on any atom is 0.158 e. The fourth-order valence-corrected chi connectivity index (χ4v) is 3.31. The number of hydrogen-bond acceptors (Lipinski definition) is 4. The molecule has 2 aliphatic rings. The summed E-state index contributed by atoms with van der Waals surface area (Å²) in [6.45, 7) is 6.74. The van der Waals surface area contributed by atoms with E-state index in [0.29, 0.717) is 11.6 Å². The van der Waals surface area contributed by atoms with Crippen LogP contribution in [0.4, 0.5) is 5.69 Å². The average Bonchev–Trinajstić information content (AvgIpc) is 2.80. The van der Waals surface area contributed by atoms with Crippen LogP contribution in [0.3, 0.4) is 0 Å². The summed E-state index contributed by atoms with van der Waals surface area (Å²) in [4.78, 5) is 6.87. The fraction of sp³-hybridized carbons (Fsp3) is 0.150. The molecule has 0 aliphatic carbocycles. The quantitative estimate of drug-likeness (QED) is 0.776. The minimum Gasteiger partial charge on any atom is -0.293 e. The van der Waals surface area contributed by atoms with Crippen LogP contribution in [-0.2, 0) is 0 Å². The highest BCUT2D eigenvalue weighted by atomic mass is 35.5. The third-order valence-electron chi connectivity index (χ3n) is 4.36. The van der Waals surface area contributed by atoms with Crippen molar-refractivity contribution in [3.8, 4) is 0 Å². The predicted molar refractivity (Wildman–Crippen MR) is 105 cm³/mol. The molecule has 2 aliphatic heterocycles. The number of amidine groups is 1. The number of hydrogen-bond donors (Lipinski definition) is 0. The molecule has 124 valence electrons. The molecular weight excluding hydrogens is 332 g/mol. The van der Waals surface area contributed by atoms with Gasteiger partial charge in [0.05, 0.1) is 22.8 Å². The second-order valence-corrected chi connectivity index (χ2v) is 6.33. The maximum absolute atomic E-state index is 6.30. The van der Waals surface area contributed by atoms with E-state index in [4.69, 9.17) is 16.6 Å². The van der Waals surface area contributed by atoms with E-state index in [2.05, 4.69) is 40.7 Å². The zero-order valence-electron chi connectivity index (χ0n) is 13.9. The molecule has 5 heteroatoms. The number of halogens is 1. The van der Waals surface area contributed by atoms with Gasteiger partial charge in [-0.25, -0.2) is 0 Å². The van der Waals surface area contributed by atoms with E-state index in [0.717, 1.165) is 46.2 Å². The number of allylic oxidation sites excluding steroid dienone is 1. The van der Waals surface area contributed by atoms with Crippen molar-refractivity contribution in [3.05, 3.63) is 77.0 Å². The van der Waals surface area contributed by atoms with E-state index >= 15 is 0 Å². The Morgan fingerprint density at radius 2 is 1.92 bits per heavy atom. The van der Waals surface area contributed by atoms with Crippen molar-refractivity contribution in [3.63, 3.8) is 0 Å². The van der Waals surface area contributed by atoms with Gasteiger partial charge in [0.15, 0.2) is 5.84 Å². The molecule has 0 N–H and O–H groups in total. The Kier molecular flexibility index (Phi) is 3.98. The molecule has 0 radical (unpaired) electrons. The number of benzene rings is 2. The largest absolute Gasteiger partial charge is 0.293 e. The van der Waals surface area contributed by atoms with Gasteiger partial charge in [-0.15, -0.1) is 5.10 Å². The normalized spacial score (nSPS) is 16.3. The lowest BCUT2D eigenvalue weighted by atomic mass is 9.99. The van der Waals surface area contributed by atoms with Crippen LogP contribution in [0.5, 0.6) is 0 Å². The summed E-state index contributed by atoms with van der Waals surface area (Å²) >= 11 is 6.30. The molecule has 0 unspecified atom stereocenters. The van der Waals surface area contributed by atoms with Crippen molar-refractivity contribution in [1.82, 2.24) is 0 Å². The standard InChI is InChI=1S/C20H17ClN4/c1-3-17-13(2)25-18-10-9-15(21)11-16(18)20(14-7-5-4-6-8-14)22-12-19(25)24-23-17/h4-11H,2-3,12H2,1H3. The predicted octanol–water partition coefficient (Wildman–Crippen LogP) is 4.69. The van der Waals surface area contributed by atoms with E-state index in [-0.39, 0.29) is 0 Å². The van der Waals surface area contributed by atoms with E-state index < -0.39 is 0 Å². The van der Waals surface area contributed by atoms with Gasteiger partial charge in [0.2, 0.25) is 0 Å². The highest BCUT2D eigenvalue weighted by molar-refractivity contribution is 6.32.